The lowest BCUT2D eigenvalue weighted by molar-refractivity contribution is -0.138. The molecular formula is C15H24N2O4. The molecule has 0 aromatic carbocycles. The Morgan fingerprint density at radius 2 is 1.95 bits per heavy atom. The zero-order valence-electron chi connectivity index (χ0n) is 12.4. The van der Waals surface area contributed by atoms with E-state index in [4.69, 9.17) is 4.74 Å². The van der Waals surface area contributed by atoms with Crippen LogP contribution in [0.2, 0.25) is 0 Å². The van der Waals surface area contributed by atoms with Gasteiger partial charge in [0.2, 0.25) is 17.7 Å². The standard InChI is InChI=1S/C15H24N2O4/c18-13(16-11-12-5-4-10-21-12)6-2-1-3-9-17-14(19)7-8-15(17)20/h12H,1-11H2,(H,16,18). The van der Waals surface area contributed by atoms with Crippen LogP contribution in [0.3, 0.4) is 0 Å². The van der Waals surface area contributed by atoms with Crippen LogP contribution in [-0.4, -0.2) is 48.4 Å². The van der Waals surface area contributed by atoms with E-state index < -0.39 is 0 Å². The molecule has 1 unspecified atom stereocenters. The van der Waals surface area contributed by atoms with Gasteiger partial charge in [-0.15, -0.1) is 0 Å². The molecule has 0 bridgehead atoms. The summed E-state index contributed by atoms with van der Waals surface area (Å²) in [5.74, 6) is -0.0672. The Hall–Kier alpha value is -1.43. The summed E-state index contributed by atoms with van der Waals surface area (Å²) in [6.07, 6.45) is 5.89. The Morgan fingerprint density at radius 3 is 2.62 bits per heavy atom. The van der Waals surface area contributed by atoms with E-state index in [0.717, 1.165) is 38.7 Å². The van der Waals surface area contributed by atoms with Crippen molar-refractivity contribution >= 4 is 17.7 Å². The van der Waals surface area contributed by atoms with E-state index in [9.17, 15) is 14.4 Å². The molecule has 2 rings (SSSR count). The van der Waals surface area contributed by atoms with Crippen molar-refractivity contribution < 1.29 is 19.1 Å². The van der Waals surface area contributed by atoms with Gasteiger partial charge in [-0.2, -0.15) is 0 Å². The number of nitrogens with one attached hydrogen (secondary N) is 1. The average molecular weight is 296 g/mol. The number of likely N-dealkylation sites (tertiary alicyclic amines) is 1. The van der Waals surface area contributed by atoms with Crippen molar-refractivity contribution in [3.05, 3.63) is 0 Å². The molecule has 2 saturated heterocycles. The number of carbonyl (C=O) groups is 3. The lowest BCUT2D eigenvalue weighted by Gasteiger charge is -2.13. The Balaban J connectivity index is 1.48. The SMILES string of the molecule is O=C(CCCCCN1C(=O)CCC1=O)NCC1CCCO1. The zero-order chi connectivity index (χ0) is 15.1. The zero-order valence-corrected chi connectivity index (χ0v) is 12.4. The van der Waals surface area contributed by atoms with Crippen LogP contribution in [0.25, 0.3) is 0 Å². The summed E-state index contributed by atoms with van der Waals surface area (Å²) in [5.41, 5.74) is 0. The first-order valence-corrected chi connectivity index (χ1v) is 7.88. The van der Waals surface area contributed by atoms with Crippen LogP contribution in [0.1, 0.15) is 51.4 Å². The number of hydrogen-bond donors (Lipinski definition) is 1. The Labute approximate surface area is 125 Å². The second-order valence-electron chi connectivity index (χ2n) is 5.69. The molecular weight excluding hydrogens is 272 g/mol. The van der Waals surface area contributed by atoms with Gasteiger partial charge in [0.15, 0.2) is 0 Å². The maximum atomic E-state index is 11.6. The van der Waals surface area contributed by atoms with Crippen molar-refractivity contribution in [3.8, 4) is 0 Å². The molecule has 2 fully saturated rings. The number of ether oxygens (including phenoxy) is 1. The smallest absolute Gasteiger partial charge is 0.229 e. The van der Waals surface area contributed by atoms with Gasteiger partial charge in [-0.05, 0) is 25.7 Å². The fraction of sp³-hybridized carbons (Fsp3) is 0.800. The number of rotatable bonds is 8. The van der Waals surface area contributed by atoms with Gasteiger partial charge in [0, 0.05) is 39.0 Å². The Bertz CT molecular complexity index is 375. The van der Waals surface area contributed by atoms with Gasteiger partial charge in [-0.1, -0.05) is 6.42 Å². The third-order valence-electron chi connectivity index (χ3n) is 3.99. The number of amides is 3. The molecule has 0 aromatic rings. The van der Waals surface area contributed by atoms with Crippen molar-refractivity contribution in [2.45, 2.75) is 57.5 Å². The normalized spacial score (nSPS) is 22.1. The molecule has 0 aliphatic carbocycles. The van der Waals surface area contributed by atoms with Crippen molar-refractivity contribution in [3.63, 3.8) is 0 Å². The summed E-state index contributed by atoms with van der Waals surface area (Å²) in [4.78, 5) is 35.8. The van der Waals surface area contributed by atoms with Gasteiger partial charge >= 0.3 is 0 Å². The largest absolute Gasteiger partial charge is 0.376 e. The molecule has 2 aliphatic heterocycles. The number of imide groups is 1. The second-order valence-corrected chi connectivity index (χ2v) is 5.69. The fourth-order valence-corrected chi connectivity index (χ4v) is 2.73. The van der Waals surface area contributed by atoms with Crippen LogP contribution in [0, 0.1) is 0 Å². The predicted octanol–water partition coefficient (Wildman–Crippen LogP) is 0.991. The highest BCUT2D eigenvalue weighted by Crippen LogP contribution is 2.13. The van der Waals surface area contributed by atoms with Crippen LogP contribution in [0.5, 0.6) is 0 Å². The molecule has 118 valence electrons. The topological polar surface area (TPSA) is 75.7 Å². The third-order valence-corrected chi connectivity index (χ3v) is 3.99. The molecule has 0 spiro atoms. The van der Waals surface area contributed by atoms with Crippen LogP contribution < -0.4 is 5.32 Å². The van der Waals surface area contributed by atoms with Crippen LogP contribution in [0.4, 0.5) is 0 Å². The van der Waals surface area contributed by atoms with Crippen molar-refractivity contribution in [1.82, 2.24) is 10.2 Å². The highest BCUT2D eigenvalue weighted by molar-refractivity contribution is 6.01. The van der Waals surface area contributed by atoms with Gasteiger partial charge in [0.25, 0.3) is 0 Å². The summed E-state index contributed by atoms with van der Waals surface area (Å²) < 4.78 is 5.44. The molecule has 2 heterocycles. The highest BCUT2D eigenvalue weighted by Gasteiger charge is 2.27. The molecule has 0 saturated carbocycles. The van der Waals surface area contributed by atoms with Crippen molar-refractivity contribution in [2.75, 3.05) is 19.7 Å². The van der Waals surface area contributed by atoms with Crippen LogP contribution in [0.15, 0.2) is 0 Å². The van der Waals surface area contributed by atoms with Crippen LogP contribution in [-0.2, 0) is 19.1 Å². The molecule has 3 amide bonds. The summed E-state index contributed by atoms with van der Waals surface area (Å²) in [6.45, 7) is 1.90. The lowest BCUT2D eigenvalue weighted by Crippen LogP contribution is -2.31. The molecule has 21 heavy (non-hydrogen) atoms. The van der Waals surface area contributed by atoms with Gasteiger partial charge in [-0.25, -0.2) is 0 Å². The van der Waals surface area contributed by atoms with E-state index in [2.05, 4.69) is 5.32 Å². The molecule has 0 aromatic heterocycles. The molecule has 0 radical (unpaired) electrons. The number of hydrogen-bond acceptors (Lipinski definition) is 4. The van der Waals surface area contributed by atoms with E-state index in [0.29, 0.717) is 32.4 Å². The van der Waals surface area contributed by atoms with E-state index in [-0.39, 0.29) is 23.8 Å². The van der Waals surface area contributed by atoms with Gasteiger partial charge in [-0.3, -0.25) is 19.3 Å². The first-order chi connectivity index (χ1) is 10.2. The molecule has 6 nitrogen and oxygen atoms in total. The van der Waals surface area contributed by atoms with Crippen molar-refractivity contribution in [2.24, 2.45) is 0 Å². The first kappa shape index (κ1) is 15.9. The van der Waals surface area contributed by atoms with Gasteiger partial charge in [0.05, 0.1) is 6.10 Å². The molecule has 2 aliphatic rings. The van der Waals surface area contributed by atoms with Crippen LogP contribution >= 0.6 is 0 Å². The van der Waals surface area contributed by atoms with E-state index in [1.165, 1.54) is 4.90 Å². The van der Waals surface area contributed by atoms with Gasteiger partial charge in [0.1, 0.15) is 0 Å². The predicted molar refractivity (Wildman–Crippen MR) is 76.4 cm³/mol. The highest BCUT2D eigenvalue weighted by atomic mass is 16.5. The lowest BCUT2D eigenvalue weighted by atomic mass is 10.1. The summed E-state index contributed by atoms with van der Waals surface area (Å²) >= 11 is 0. The monoisotopic (exact) mass is 296 g/mol. The van der Waals surface area contributed by atoms with Crippen molar-refractivity contribution in [1.29, 1.82) is 0 Å². The third kappa shape index (κ3) is 5.12. The van der Waals surface area contributed by atoms with E-state index in [1.807, 2.05) is 0 Å². The minimum Gasteiger partial charge on any atom is -0.376 e. The quantitative estimate of drug-likeness (QED) is 0.535. The second kappa shape index (κ2) is 8.12. The molecule has 1 atom stereocenters. The maximum absolute atomic E-state index is 11.6. The molecule has 1 N–H and O–H groups in total. The van der Waals surface area contributed by atoms with Gasteiger partial charge < -0.3 is 10.1 Å². The van der Waals surface area contributed by atoms with E-state index >= 15 is 0 Å². The summed E-state index contributed by atoms with van der Waals surface area (Å²) in [7, 11) is 0. The summed E-state index contributed by atoms with van der Waals surface area (Å²) in [6, 6.07) is 0. The fourth-order valence-electron chi connectivity index (χ4n) is 2.73. The average Bonchev–Trinajstić information content (AvgIpc) is 3.09. The minimum atomic E-state index is -0.0608. The number of nitrogens with zero attached hydrogens (tertiary/aromatic N) is 1. The maximum Gasteiger partial charge on any atom is 0.229 e. The number of carbonyl (C=O) groups excluding carboxylic acids is 3. The summed E-state index contributed by atoms with van der Waals surface area (Å²) in [5, 5.41) is 2.89. The van der Waals surface area contributed by atoms with E-state index in [1.54, 1.807) is 0 Å². The first-order valence-electron chi connectivity index (χ1n) is 7.88. The Morgan fingerprint density at radius 1 is 1.19 bits per heavy atom. The number of unbranched alkanes of at least 4 members (excludes halogenated alkanes) is 2. The Kier molecular flexibility index (Phi) is 6.17. The minimum absolute atomic E-state index is 0.0545. The molecule has 6 heteroatoms.